The Balaban J connectivity index is 1.42. The number of piperidine rings is 1. The maximum absolute atomic E-state index is 12.7. The van der Waals surface area contributed by atoms with Gasteiger partial charge >= 0.3 is 0 Å². The zero-order valence-corrected chi connectivity index (χ0v) is 14.9. The summed E-state index contributed by atoms with van der Waals surface area (Å²) in [5.74, 6) is 0.589. The second-order valence-corrected chi connectivity index (χ2v) is 8.44. The van der Waals surface area contributed by atoms with Gasteiger partial charge in [-0.05, 0) is 63.1 Å². The molecule has 2 N–H and O–H groups in total. The molecule has 0 bridgehead atoms. The number of aryl methyl sites for hydroxylation is 1. The first-order chi connectivity index (χ1) is 11.6. The molecular formula is C21H30N2O. The van der Waals surface area contributed by atoms with Crippen LogP contribution < -0.4 is 10.6 Å². The summed E-state index contributed by atoms with van der Waals surface area (Å²) in [6.07, 6.45) is 8.43. The minimum Gasteiger partial charge on any atom is -0.355 e. The fourth-order valence-electron chi connectivity index (χ4n) is 5.17. The van der Waals surface area contributed by atoms with Gasteiger partial charge in [0.1, 0.15) is 0 Å². The number of nitrogens with one attached hydrogen (secondary N) is 2. The first kappa shape index (κ1) is 16.1. The van der Waals surface area contributed by atoms with Crippen molar-refractivity contribution in [1.29, 1.82) is 0 Å². The molecule has 3 nitrogen and oxygen atoms in total. The van der Waals surface area contributed by atoms with Crippen molar-refractivity contribution in [2.24, 2.45) is 11.3 Å². The van der Waals surface area contributed by atoms with E-state index >= 15 is 0 Å². The number of amides is 1. The number of hydrogen-bond donors (Lipinski definition) is 2. The molecule has 3 aliphatic rings. The first-order valence-corrected chi connectivity index (χ1v) is 9.69. The van der Waals surface area contributed by atoms with Crippen LogP contribution in [0.25, 0.3) is 0 Å². The Morgan fingerprint density at radius 2 is 1.96 bits per heavy atom. The van der Waals surface area contributed by atoms with Crippen LogP contribution in [0.1, 0.15) is 56.1 Å². The summed E-state index contributed by atoms with van der Waals surface area (Å²) in [7, 11) is 0. The summed E-state index contributed by atoms with van der Waals surface area (Å²) in [6, 6.07) is 8.91. The summed E-state index contributed by atoms with van der Waals surface area (Å²) >= 11 is 0. The van der Waals surface area contributed by atoms with E-state index in [2.05, 4.69) is 41.8 Å². The standard InChI is InChI=1S/C21H30N2O/c1-16-5-4-6-17(13-16)21(7-2-3-8-21)15-23-19(24)18-14-20(18)9-11-22-12-10-20/h4-6,13,18,22H,2-3,7-12,14-15H2,1H3,(H,23,24). The Morgan fingerprint density at radius 3 is 2.67 bits per heavy atom. The van der Waals surface area contributed by atoms with E-state index in [-0.39, 0.29) is 11.3 Å². The average molecular weight is 326 g/mol. The van der Waals surface area contributed by atoms with Crippen LogP contribution in [-0.2, 0) is 10.2 Å². The Kier molecular flexibility index (Phi) is 4.16. The third-order valence-electron chi connectivity index (χ3n) is 6.90. The van der Waals surface area contributed by atoms with Crippen LogP contribution in [0.5, 0.6) is 0 Å². The molecule has 1 amide bonds. The van der Waals surface area contributed by atoms with E-state index in [1.165, 1.54) is 49.7 Å². The average Bonchev–Trinajstić information content (AvgIpc) is 3.07. The van der Waals surface area contributed by atoms with Gasteiger partial charge in [-0.1, -0.05) is 42.7 Å². The molecule has 1 aliphatic heterocycles. The van der Waals surface area contributed by atoms with Crippen LogP contribution in [0.3, 0.4) is 0 Å². The van der Waals surface area contributed by atoms with Gasteiger partial charge in [-0.15, -0.1) is 0 Å². The van der Waals surface area contributed by atoms with Gasteiger partial charge in [0.15, 0.2) is 0 Å². The highest BCUT2D eigenvalue weighted by Gasteiger charge is 2.57. The SMILES string of the molecule is Cc1cccc(C2(CNC(=O)C3CC34CCNCC4)CCCC2)c1. The van der Waals surface area contributed by atoms with Crippen LogP contribution in [0.4, 0.5) is 0 Å². The Hall–Kier alpha value is -1.35. The molecule has 3 heteroatoms. The molecule has 1 aromatic carbocycles. The van der Waals surface area contributed by atoms with Gasteiger partial charge in [0, 0.05) is 17.9 Å². The third kappa shape index (κ3) is 2.88. The Morgan fingerprint density at radius 1 is 1.21 bits per heavy atom. The van der Waals surface area contributed by atoms with Gasteiger partial charge in [-0.2, -0.15) is 0 Å². The maximum Gasteiger partial charge on any atom is 0.223 e. The summed E-state index contributed by atoms with van der Waals surface area (Å²) in [6.45, 7) is 5.14. The quantitative estimate of drug-likeness (QED) is 0.891. The van der Waals surface area contributed by atoms with E-state index in [9.17, 15) is 4.79 Å². The predicted molar refractivity (Wildman–Crippen MR) is 97.0 cm³/mol. The topological polar surface area (TPSA) is 41.1 Å². The summed E-state index contributed by atoms with van der Waals surface area (Å²) in [5, 5.41) is 6.78. The van der Waals surface area contributed by atoms with E-state index in [0.717, 1.165) is 26.1 Å². The zero-order valence-electron chi connectivity index (χ0n) is 14.9. The van der Waals surface area contributed by atoms with Crippen molar-refractivity contribution in [3.8, 4) is 0 Å². The zero-order chi connectivity index (χ0) is 16.6. The first-order valence-electron chi connectivity index (χ1n) is 9.69. The van der Waals surface area contributed by atoms with E-state index in [0.29, 0.717) is 11.3 Å². The molecule has 3 fully saturated rings. The van der Waals surface area contributed by atoms with Crippen molar-refractivity contribution in [2.75, 3.05) is 19.6 Å². The highest BCUT2D eigenvalue weighted by Crippen LogP contribution is 2.58. The van der Waals surface area contributed by atoms with Gasteiger partial charge in [-0.25, -0.2) is 0 Å². The van der Waals surface area contributed by atoms with Crippen molar-refractivity contribution in [3.05, 3.63) is 35.4 Å². The highest BCUT2D eigenvalue weighted by molar-refractivity contribution is 5.82. The van der Waals surface area contributed by atoms with Gasteiger partial charge in [0.05, 0.1) is 0 Å². The number of benzene rings is 1. The molecular weight excluding hydrogens is 296 g/mol. The van der Waals surface area contributed by atoms with Gasteiger partial charge in [-0.3, -0.25) is 4.79 Å². The second-order valence-electron chi connectivity index (χ2n) is 8.44. The van der Waals surface area contributed by atoms with Crippen LogP contribution in [-0.4, -0.2) is 25.5 Å². The van der Waals surface area contributed by atoms with Crippen molar-refractivity contribution < 1.29 is 4.79 Å². The van der Waals surface area contributed by atoms with Crippen molar-refractivity contribution in [3.63, 3.8) is 0 Å². The van der Waals surface area contributed by atoms with E-state index < -0.39 is 0 Å². The molecule has 2 aliphatic carbocycles. The number of carbonyl (C=O) groups excluding carboxylic acids is 1. The predicted octanol–water partition coefficient (Wildman–Crippen LogP) is 3.31. The van der Waals surface area contributed by atoms with Gasteiger partial charge in [0.25, 0.3) is 0 Å². The van der Waals surface area contributed by atoms with Gasteiger partial charge in [0.2, 0.25) is 5.91 Å². The van der Waals surface area contributed by atoms with Crippen LogP contribution in [0.2, 0.25) is 0 Å². The van der Waals surface area contributed by atoms with Crippen LogP contribution in [0, 0.1) is 18.3 Å². The Labute approximate surface area is 145 Å². The lowest BCUT2D eigenvalue weighted by atomic mass is 9.78. The fraction of sp³-hybridized carbons (Fsp3) is 0.667. The van der Waals surface area contributed by atoms with E-state index in [1.807, 2.05) is 0 Å². The summed E-state index contributed by atoms with van der Waals surface area (Å²) in [5.41, 5.74) is 3.24. The lowest BCUT2D eigenvalue weighted by Gasteiger charge is -2.31. The van der Waals surface area contributed by atoms with E-state index in [4.69, 9.17) is 0 Å². The van der Waals surface area contributed by atoms with Crippen LogP contribution in [0.15, 0.2) is 24.3 Å². The number of hydrogen-bond acceptors (Lipinski definition) is 2. The van der Waals surface area contributed by atoms with Crippen molar-refractivity contribution in [1.82, 2.24) is 10.6 Å². The molecule has 1 heterocycles. The minimum atomic E-state index is 0.165. The third-order valence-corrected chi connectivity index (χ3v) is 6.90. The minimum absolute atomic E-state index is 0.165. The molecule has 1 atom stereocenters. The molecule has 2 saturated carbocycles. The number of rotatable bonds is 4. The maximum atomic E-state index is 12.7. The lowest BCUT2D eigenvalue weighted by Crippen LogP contribution is -2.41. The molecule has 130 valence electrons. The lowest BCUT2D eigenvalue weighted by molar-refractivity contribution is -0.123. The molecule has 4 rings (SSSR count). The second kappa shape index (κ2) is 6.18. The van der Waals surface area contributed by atoms with Crippen LogP contribution >= 0.6 is 0 Å². The summed E-state index contributed by atoms with van der Waals surface area (Å²) < 4.78 is 0. The smallest absolute Gasteiger partial charge is 0.223 e. The molecule has 0 radical (unpaired) electrons. The highest BCUT2D eigenvalue weighted by atomic mass is 16.2. The largest absolute Gasteiger partial charge is 0.355 e. The monoisotopic (exact) mass is 326 g/mol. The molecule has 1 saturated heterocycles. The molecule has 24 heavy (non-hydrogen) atoms. The summed E-state index contributed by atoms with van der Waals surface area (Å²) in [4.78, 5) is 12.7. The van der Waals surface area contributed by atoms with E-state index in [1.54, 1.807) is 0 Å². The fourth-order valence-corrected chi connectivity index (χ4v) is 5.17. The number of carbonyl (C=O) groups is 1. The molecule has 1 aromatic rings. The van der Waals surface area contributed by atoms with Gasteiger partial charge < -0.3 is 10.6 Å². The normalized spacial score (nSPS) is 27.1. The molecule has 0 aromatic heterocycles. The van der Waals surface area contributed by atoms with Crippen molar-refractivity contribution >= 4 is 5.91 Å². The molecule has 1 unspecified atom stereocenters. The molecule has 1 spiro atoms. The van der Waals surface area contributed by atoms with Crippen molar-refractivity contribution in [2.45, 2.75) is 57.3 Å². The Bertz CT molecular complexity index is 612.